The van der Waals surface area contributed by atoms with Crippen LogP contribution in [0.15, 0.2) is 12.1 Å². The lowest BCUT2D eigenvalue weighted by Crippen LogP contribution is -2.35. The van der Waals surface area contributed by atoms with Crippen molar-refractivity contribution in [1.29, 1.82) is 0 Å². The second kappa shape index (κ2) is 6.71. The predicted octanol–water partition coefficient (Wildman–Crippen LogP) is 1.82. The van der Waals surface area contributed by atoms with Gasteiger partial charge in [0, 0.05) is 18.7 Å². The van der Waals surface area contributed by atoms with Gasteiger partial charge in [-0.3, -0.25) is 4.79 Å². The summed E-state index contributed by atoms with van der Waals surface area (Å²) in [4.78, 5) is 13.2. The summed E-state index contributed by atoms with van der Waals surface area (Å²) in [7, 11) is -3.37. The summed E-state index contributed by atoms with van der Waals surface area (Å²) in [5.74, 6) is -1.36. The molecule has 0 bridgehead atoms. The number of carbonyl (C=O) groups is 1. The van der Waals surface area contributed by atoms with Gasteiger partial charge in [0.15, 0.2) is 0 Å². The third kappa shape index (κ3) is 3.15. The van der Waals surface area contributed by atoms with Crippen LogP contribution in [0.3, 0.4) is 0 Å². The highest BCUT2D eigenvalue weighted by atomic mass is 35.5. The van der Waals surface area contributed by atoms with Crippen LogP contribution in [-0.2, 0) is 23.0 Å². The topological polar surface area (TPSA) is 110 Å². The highest BCUT2D eigenvalue weighted by molar-refractivity contribution is 7.88. The van der Waals surface area contributed by atoms with E-state index in [2.05, 4.69) is 10.4 Å². The number of hydrogen-bond acceptors (Lipinski definition) is 6. The number of benzene rings is 1. The molecule has 150 valence electrons. The third-order valence-corrected chi connectivity index (χ3v) is 6.76. The van der Waals surface area contributed by atoms with Crippen LogP contribution < -0.4 is 11.1 Å². The number of nitrogens with zero attached hydrogens (tertiary/aromatic N) is 3. The molecule has 1 aromatic heterocycles. The molecular weight excluding hydrogens is 409 g/mol. The summed E-state index contributed by atoms with van der Waals surface area (Å²) in [5, 5.41) is 7.60. The number of sulfonamides is 1. The van der Waals surface area contributed by atoms with Gasteiger partial charge in [-0.05, 0) is 30.5 Å². The molecule has 2 aromatic rings. The SMILES string of the molecule is CS(=O)(=O)N1CCc2c(nn(C(=O)C3CCNc4c(Cl)cc(F)cc43)c2N)C1. The van der Waals surface area contributed by atoms with Gasteiger partial charge in [0.2, 0.25) is 10.0 Å². The molecule has 2 aliphatic rings. The molecule has 4 rings (SSSR count). The van der Waals surface area contributed by atoms with Crippen LogP contribution in [0.5, 0.6) is 0 Å². The molecule has 0 spiro atoms. The minimum atomic E-state index is -3.37. The zero-order valence-corrected chi connectivity index (χ0v) is 16.6. The molecule has 0 radical (unpaired) electrons. The van der Waals surface area contributed by atoms with Crippen LogP contribution in [0, 0.1) is 5.82 Å². The van der Waals surface area contributed by atoms with Crippen molar-refractivity contribution in [3.8, 4) is 0 Å². The molecular formula is C17H19ClFN5O3S. The van der Waals surface area contributed by atoms with Crippen molar-refractivity contribution >= 4 is 39.0 Å². The molecule has 3 heterocycles. The van der Waals surface area contributed by atoms with E-state index in [0.29, 0.717) is 41.9 Å². The van der Waals surface area contributed by atoms with E-state index in [0.717, 1.165) is 10.9 Å². The monoisotopic (exact) mass is 427 g/mol. The van der Waals surface area contributed by atoms with Crippen LogP contribution in [0.1, 0.15) is 34.0 Å². The Morgan fingerprint density at radius 1 is 1.43 bits per heavy atom. The van der Waals surface area contributed by atoms with E-state index in [9.17, 15) is 17.6 Å². The second-order valence-corrected chi connectivity index (χ2v) is 9.42. The molecule has 0 aliphatic carbocycles. The zero-order valence-electron chi connectivity index (χ0n) is 15.1. The summed E-state index contributed by atoms with van der Waals surface area (Å²) in [5.41, 5.74) is 8.31. The van der Waals surface area contributed by atoms with Gasteiger partial charge in [-0.1, -0.05) is 11.6 Å². The van der Waals surface area contributed by atoms with E-state index >= 15 is 0 Å². The number of carbonyl (C=O) groups excluding carboxylic acids is 1. The van der Waals surface area contributed by atoms with Crippen LogP contribution in [-0.4, -0.2) is 47.8 Å². The van der Waals surface area contributed by atoms with Crippen LogP contribution in [0.2, 0.25) is 5.02 Å². The molecule has 0 saturated carbocycles. The Kier molecular flexibility index (Phi) is 4.59. The Hall–Kier alpha value is -2.17. The van der Waals surface area contributed by atoms with Gasteiger partial charge < -0.3 is 11.1 Å². The van der Waals surface area contributed by atoms with Crippen molar-refractivity contribution in [1.82, 2.24) is 14.1 Å². The van der Waals surface area contributed by atoms with Gasteiger partial charge >= 0.3 is 0 Å². The lowest BCUT2D eigenvalue weighted by molar-refractivity contribution is 0.0859. The van der Waals surface area contributed by atoms with Crippen molar-refractivity contribution in [2.24, 2.45) is 0 Å². The van der Waals surface area contributed by atoms with Crippen LogP contribution in [0.4, 0.5) is 15.9 Å². The highest BCUT2D eigenvalue weighted by Crippen LogP contribution is 2.39. The summed E-state index contributed by atoms with van der Waals surface area (Å²) < 4.78 is 39.9. The number of fused-ring (bicyclic) bond motifs is 2. The van der Waals surface area contributed by atoms with E-state index in [1.165, 1.54) is 16.4 Å². The fourth-order valence-corrected chi connectivity index (χ4v) is 4.86. The maximum absolute atomic E-state index is 13.9. The Morgan fingerprint density at radius 3 is 2.89 bits per heavy atom. The number of nitrogens with one attached hydrogen (secondary N) is 1. The van der Waals surface area contributed by atoms with Crippen molar-refractivity contribution < 1.29 is 17.6 Å². The summed E-state index contributed by atoms with van der Waals surface area (Å²) in [6.07, 6.45) is 1.95. The smallest absolute Gasteiger partial charge is 0.256 e. The van der Waals surface area contributed by atoms with Gasteiger partial charge in [-0.2, -0.15) is 14.1 Å². The predicted molar refractivity (Wildman–Crippen MR) is 103 cm³/mol. The first kappa shape index (κ1) is 19.2. The number of nitrogens with two attached hydrogens (primary N) is 1. The molecule has 1 aromatic carbocycles. The minimum Gasteiger partial charge on any atom is -0.384 e. The van der Waals surface area contributed by atoms with Crippen LogP contribution in [0.25, 0.3) is 0 Å². The molecule has 11 heteroatoms. The zero-order chi connectivity index (χ0) is 20.2. The van der Waals surface area contributed by atoms with E-state index in [-0.39, 0.29) is 29.8 Å². The second-order valence-electron chi connectivity index (χ2n) is 7.03. The lowest BCUT2D eigenvalue weighted by Gasteiger charge is -2.26. The fraction of sp³-hybridized carbons (Fsp3) is 0.412. The quantitative estimate of drug-likeness (QED) is 0.756. The van der Waals surface area contributed by atoms with Gasteiger partial charge in [0.25, 0.3) is 5.91 Å². The first-order valence-electron chi connectivity index (χ1n) is 8.75. The van der Waals surface area contributed by atoms with Crippen molar-refractivity contribution in [3.05, 3.63) is 39.8 Å². The van der Waals surface area contributed by atoms with E-state index in [1.54, 1.807) is 0 Å². The highest BCUT2D eigenvalue weighted by Gasteiger charge is 2.34. The Morgan fingerprint density at radius 2 is 2.18 bits per heavy atom. The van der Waals surface area contributed by atoms with Gasteiger partial charge in [-0.25, -0.2) is 12.8 Å². The number of anilines is 2. The summed E-state index contributed by atoms with van der Waals surface area (Å²) in [6.45, 7) is 0.854. The maximum atomic E-state index is 13.9. The van der Waals surface area contributed by atoms with E-state index in [1.807, 2.05) is 0 Å². The molecule has 8 nitrogen and oxygen atoms in total. The van der Waals surface area contributed by atoms with Crippen LogP contribution >= 0.6 is 11.6 Å². The Labute approximate surface area is 166 Å². The number of nitrogen functional groups attached to an aromatic ring is 1. The third-order valence-electron chi connectivity index (χ3n) is 5.22. The molecule has 3 N–H and O–H groups in total. The molecule has 1 unspecified atom stereocenters. The summed E-state index contributed by atoms with van der Waals surface area (Å²) in [6, 6.07) is 2.49. The maximum Gasteiger partial charge on any atom is 0.256 e. The molecule has 0 amide bonds. The first-order chi connectivity index (χ1) is 13.2. The normalized spacial score (nSPS) is 19.6. The standard InChI is InChI=1S/C17H19ClFN5O3S/c1-28(26,27)23-5-3-11-14(8-23)22-24(16(11)20)17(25)10-2-4-21-15-12(10)6-9(19)7-13(15)18/h6-7,10,21H,2-5,8,20H2,1H3. The van der Waals surface area contributed by atoms with E-state index < -0.39 is 21.8 Å². The molecule has 28 heavy (non-hydrogen) atoms. The first-order valence-corrected chi connectivity index (χ1v) is 11.0. The minimum absolute atomic E-state index is 0.0713. The van der Waals surface area contributed by atoms with Gasteiger partial charge in [0.05, 0.1) is 35.1 Å². The Balaban J connectivity index is 1.71. The fourth-order valence-electron chi connectivity index (χ4n) is 3.80. The number of aromatic nitrogens is 2. The Bertz CT molecular complexity index is 1080. The van der Waals surface area contributed by atoms with Crippen molar-refractivity contribution in [2.75, 3.05) is 30.4 Å². The van der Waals surface area contributed by atoms with Crippen molar-refractivity contribution in [2.45, 2.75) is 25.3 Å². The van der Waals surface area contributed by atoms with Crippen molar-refractivity contribution in [3.63, 3.8) is 0 Å². The molecule has 2 aliphatic heterocycles. The molecule has 1 atom stereocenters. The summed E-state index contributed by atoms with van der Waals surface area (Å²) >= 11 is 6.11. The number of halogens is 2. The lowest BCUT2D eigenvalue weighted by atomic mass is 9.90. The number of hydrogen-bond donors (Lipinski definition) is 2. The molecule has 0 fully saturated rings. The number of rotatable bonds is 2. The largest absolute Gasteiger partial charge is 0.384 e. The molecule has 0 saturated heterocycles. The van der Waals surface area contributed by atoms with Gasteiger partial charge in [-0.15, -0.1) is 0 Å². The van der Waals surface area contributed by atoms with E-state index in [4.69, 9.17) is 17.3 Å². The average molecular weight is 428 g/mol. The average Bonchev–Trinajstić information content (AvgIpc) is 2.96. The van der Waals surface area contributed by atoms with Gasteiger partial charge in [0.1, 0.15) is 11.6 Å².